The molecule has 1 N–H and O–H groups in total. The number of fused-ring (bicyclic) bond motifs is 1. The molecule has 1 heterocycles. The topological polar surface area (TPSA) is 37.8 Å². The van der Waals surface area contributed by atoms with Gasteiger partial charge in [-0.05, 0) is 25.5 Å². The molecule has 3 nitrogen and oxygen atoms in total. The van der Waals surface area contributed by atoms with Gasteiger partial charge in [0.05, 0.1) is 5.52 Å². The lowest BCUT2D eigenvalue weighted by molar-refractivity contribution is 0.491. The molecule has 86 valence electrons. The van der Waals surface area contributed by atoms with Crippen molar-refractivity contribution in [2.75, 3.05) is 0 Å². The van der Waals surface area contributed by atoms with E-state index in [0.29, 0.717) is 11.9 Å². The van der Waals surface area contributed by atoms with Crippen molar-refractivity contribution in [3.05, 3.63) is 34.3 Å². The zero-order valence-electron chi connectivity index (χ0n) is 9.05. The van der Waals surface area contributed by atoms with Gasteiger partial charge in [0, 0.05) is 6.04 Å². The molecule has 0 spiro atoms. The van der Waals surface area contributed by atoms with Gasteiger partial charge in [-0.2, -0.15) is 0 Å². The molecule has 2 aromatic rings. The minimum absolute atomic E-state index is 0.0133. The normalized spacial score (nSPS) is 13.2. The van der Waals surface area contributed by atoms with E-state index >= 15 is 0 Å². The lowest BCUT2D eigenvalue weighted by Crippen LogP contribution is -2.20. The highest BCUT2D eigenvalue weighted by atomic mass is 19.2. The van der Waals surface area contributed by atoms with E-state index in [1.807, 2.05) is 6.92 Å². The molecule has 0 aliphatic rings. The molecule has 5 heteroatoms. The first-order valence-electron chi connectivity index (χ1n) is 5.14. The maximum Gasteiger partial charge on any atom is 0.326 e. The first-order chi connectivity index (χ1) is 7.56. The molecule has 0 fully saturated rings. The number of halogens is 2. The molecule has 0 saturated heterocycles. The average molecular weight is 226 g/mol. The zero-order valence-corrected chi connectivity index (χ0v) is 9.05. The van der Waals surface area contributed by atoms with Crippen molar-refractivity contribution in [1.29, 1.82) is 0 Å². The maximum absolute atomic E-state index is 13.6. The fourth-order valence-electron chi connectivity index (χ4n) is 1.76. The molecule has 16 heavy (non-hydrogen) atoms. The van der Waals surface area contributed by atoms with Gasteiger partial charge in [0.15, 0.2) is 11.6 Å². The average Bonchev–Trinajstić information content (AvgIpc) is 2.60. The third-order valence-corrected chi connectivity index (χ3v) is 2.80. The van der Waals surface area contributed by atoms with E-state index in [1.54, 1.807) is 6.92 Å². The molecule has 0 amide bonds. The van der Waals surface area contributed by atoms with E-state index in [2.05, 4.69) is 4.98 Å². The van der Waals surface area contributed by atoms with Gasteiger partial charge >= 0.3 is 5.69 Å². The third-order valence-electron chi connectivity index (χ3n) is 2.80. The first-order valence-corrected chi connectivity index (χ1v) is 5.14. The highest BCUT2D eigenvalue weighted by molar-refractivity contribution is 5.76. The van der Waals surface area contributed by atoms with Gasteiger partial charge in [-0.3, -0.25) is 4.57 Å². The molecule has 0 saturated carbocycles. The van der Waals surface area contributed by atoms with Crippen LogP contribution in [0, 0.1) is 11.6 Å². The number of nitrogens with one attached hydrogen (secondary N) is 1. The number of hydrogen-bond donors (Lipinski definition) is 1. The summed E-state index contributed by atoms with van der Waals surface area (Å²) in [5, 5.41) is 0. The summed E-state index contributed by atoms with van der Waals surface area (Å²) in [5.41, 5.74) is -0.0719. The van der Waals surface area contributed by atoms with Crippen molar-refractivity contribution in [3.8, 4) is 0 Å². The maximum atomic E-state index is 13.6. The lowest BCUT2D eigenvalue weighted by atomic mass is 10.2. The number of H-pyrrole nitrogens is 1. The Bertz CT molecular complexity index is 585. The molecule has 1 atom stereocenters. The molecular formula is C11H12F2N2O. The second-order valence-electron chi connectivity index (χ2n) is 3.81. The van der Waals surface area contributed by atoms with Gasteiger partial charge in [0.25, 0.3) is 0 Å². The molecule has 2 rings (SSSR count). The number of hydrogen-bond acceptors (Lipinski definition) is 1. The Balaban J connectivity index is 2.87. The smallest absolute Gasteiger partial charge is 0.305 e. The summed E-state index contributed by atoms with van der Waals surface area (Å²) in [6.45, 7) is 3.67. The summed E-state index contributed by atoms with van der Waals surface area (Å²) >= 11 is 0. The second-order valence-corrected chi connectivity index (χ2v) is 3.81. The lowest BCUT2D eigenvalue weighted by Gasteiger charge is -2.10. The van der Waals surface area contributed by atoms with Crippen LogP contribution in [-0.2, 0) is 0 Å². The van der Waals surface area contributed by atoms with E-state index in [9.17, 15) is 13.6 Å². The number of benzene rings is 1. The predicted molar refractivity (Wildman–Crippen MR) is 57.5 cm³/mol. The molecule has 1 unspecified atom stereocenters. The van der Waals surface area contributed by atoms with Crippen LogP contribution in [0.4, 0.5) is 8.78 Å². The van der Waals surface area contributed by atoms with Crippen molar-refractivity contribution in [1.82, 2.24) is 9.55 Å². The summed E-state index contributed by atoms with van der Waals surface area (Å²) < 4.78 is 28.0. The molecule has 0 radical (unpaired) electrons. The Morgan fingerprint density at radius 1 is 1.44 bits per heavy atom. The van der Waals surface area contributed by atoms with Crippen molar-refractivity contribution in [2.24, 2.45) is 0 Å². The van der Waals surface area contributed by atoms with Gasteiger partial charge in [-0.15, -0.1) is 0 Å². The largest absolute Gasteiger partial charge is 0.326 e. The first kappa shape index (κ1) is 10.9. The third kappa shape index (κ3) is 1.43. The summed E-state index contributed by atoms with van der Waals surface area (Å²) in [6, 6.07) is 2.21. The SMILES string of the molecule is CCC(C)n1c(=O)[nH]c2ccc(F)c(F)c21. The fourth-order valence-corrected chi connectivity index (χ4v) is 1.76. The van der Waals surface area contributed by atoms with Crippen LogP contribution < -0.4 is 5.69 Å². The van der Waals surface area contributed by atoms with Crippen LogP contribution in [-0.4, -0.2) is 9.55 Å². The molecule has 0 bridgehead atoms. The monoisotopic (exact) mass is 226 g/mol. The Morgan fingerprint density at radius 2 is 2.12 bits per heavy atom. The van der Waals surface area contributed by atoms with E-state index in [1.165, 1.54) is 10.6 Å². The number of nitrogens with zero attached hydrogens (tertiary/aromatic N) is 1. The summed E-state index contributed by atoms with van der Waals surface area (Å²) in [5.74, 6) is -1.92. The fraction of sp³-hybridized carbons (Fsp3) is 0.364. The van der Waals surface area contributed by atoms with Crippen molar-refractivity contribution in [2.45, 2.75) is 26.3 Å². The van der Waals surface area contributed by atoms with Crippen LogP contribution in [0.1, 0.15) is 26.3 Å². The molecule has 0 aliphatic carbocycles. The van der Waals surface area contributed by atoms with Crippen LogP contribution in [0.2, 0.25) is 0 Å². The standard InChI is InChI=1S/C11H12F2N2O/c1-3-6(2)15-10-8(14-11(15)16)5-4-7(12)9(10)13/h4-6H,3H2,1-2H3,(H,14,16). The molecule has 0 aliphatic heterocycles. The van der Waals surface area contributed by atoms with E-state index in [0.717, 1.165) is 6.07 Å². The summed E-state index contributed by atoms with van der Waals surface area (Å²) in [7, 11) is 0. The van der Waals surface area contributed by atoms with Crippen molar-refractivity contribution in [3.63, 3.8) is 0 Å². The quantitative estimate of drug-likeness (QED) is 0.839. The minimum atomic E-state index is -0.976. The van der Waals surface area contributed by atoms with Gasteiger partial charge in [-0.25, -0.2) is 13.6 Å². The minimum Gasteiger partial charge on any atom is -0.305 e. The molecular weight excluding hydrogens is 214 g/mol. The van der Waals surface area contributed by atoms with E-state index in [-0.39, 0.29) is 11.6 Å². The van der Waals surface area contributed by atoms with E-state index < -0.39 is 17.3 Å². The Hall–Kier alpha value is -1.65. The predicted octanol–water partition coefficient (Wildman–Crippen LogP) is 2.58. The number of rotatable bonds is 2. The van der Waals surface area contributed by atoms with Gasteiger partial charge in [-0.1, -0.05) is 6.92 Å². The Kier molecular flexibility index (Phi) is 2.53. The molecule has 1 aromatic carbocycles. The van der Waals surface area contributed by atoms with Crippen LogP contribution in [0.3, 0.4) is 0 Å². The van der Waals surface area contributed by atoms with E-state index in [4.69, 9.17) is 0 Å². The highest BCUT2D eigenvalue weighted by Gasteiger charge is 2.17. The zero-order chi connectivity index (χ0) is 11.9. The van der Waals surface area contributed by atoms with Crippen LogP contribution in [0.15, 0.2) is 16.9 Å². The Labute approximate surface area is 90.7 Å². The van der Waals surface area contributed by atoms with Crippen LogP contribution in [0.5, 0.6) is 0 Å². The van der Waals surface area contributed by atoms with Gasteiger partial charge < -0.3 is 4.98 Å². The van der Waals surface area contributed by atoms with Crippen molar-refractivity contribution < 1.29 is 8.78 Å². The summed E-state index contributed by atoms with van der Waals surface area (Å²) in [4.78, 5) is 14.1. The second kappa shape index (κ2) is 3.73. The number of aromatic amines is 1. The number of aromatic nitrogens is 2. The van der Waals surface area contributed by atoms with Crippen LogP contribution in [0.25, 0.3) is 11.0 Å². The summed E-state index contributed by atoms with van der Waals surface area (Å²) in [6.07, 6.45) is 0.669. The highest BCUT2D eigenvalue weighted by Crippen LogP contribution is 2.21. The molecule has 1 aromatic heterocycles. The van der Waals surface area contributed by atoms with Crippen molar-refractivity contribution >= 4 is 11.0 Å². The van der Waals surface area contributed by atoms with Crippen LogP contribution >= 0.6 is 0 Å². The van der Waals surface area contributed by atoms with Gasteiger partial charge in [0.1, 0.15) is 5.52 Å². The number of imidazole rings is 1. The Morgan fingerprint density at radius 3 is 2.75 bits per heavy atom. The van der Waals surface area contributed by atoms with Gasteiger partial charge in [0.2, 0.25) is 0 Å².